The molecule has 0 heterocycles. The number of rotatable bonds is 3. The van der Waals surface area contributed by atoms with Crippen molar-refractivity contribution in [3.05, 3.63) is 0 Å². The minimum Gasteiger partial charge on any atom is -0.466 e. The Balaban J connectivity index is 3.70. The fourth-order valence-corrected chi connectivity index (χ4v) is 1.33. The van der Waals surface area contributed by atoms with E-state index in [9.17, 15) is 9.36 Å². The average molecular weight is 205 g/mol. The first-order chi connectivity index (χ1) is 4.45. The molecule has 6 heteroatoms. The smallest absolute Gasteiger partial charge is 0.315 e. The van der Waals surface area contributed by atoms with Gasteiger partial charge in [0, 0.05) is 0 Å². The summed E-state index contributed by atoms with van der Waals surface area (Å²) < 4.78 is 15.0. The molecule has 0 aliphatic rings. The molecule has 0 amide bonds. The predicted molar refractivity (Wildman–Crippen MR) is 40.8 cm³/mol. The zero-order valence-electron chi connectivity index (χ0n) is 5.34. The Morgan fingerprint density at radius 3 is 2.40 bits per heavy atom. The van der Waals surface area contributed by atoms with Crippen LogP contribution in [-0.2, 0) is 14.1 Å². The molecule has 0 radical (unpaired) electrons. The topological polar surface area (TPSA) is 43.4 Å². The van der Waals surface area contributed by atoms with E-state index in [1.54, 1.807) is 6.92 Å². The molecule has 0 aliphatic heterocycles. The van der Waals surface area contributed by atoms with Gasteiger partial charge in [0.25, 0.3) is 5.85 Å². The summed E-state index contributed by atoms with van der Waals surface area (Å²) in [5, 5.41) is 0. The number of ether oxygens (including phenoxy) is 1. The van der Waals surface area contributed by atoms with E-state index >= 15 is 0 Å². The van der Waals surface area contributed by atoms with E-state index < -0.39 is 18.0 Å². The summed E-state index contributed by atoms with van der Waals surface area (Å²) in [7, 11) is 0. The second kappa shape index (κ2) is 4.22. The van der Waals surface area contributed by atoms with Crippen molar-refractivity contribution in [2.75, 3.05) is 12.8 Å². The van der Waals surface area contributed by atoms with Crippen LogP contribution in [0.4, 0.5) is 0 Å². The van der Waals surface area contributed by atoms with Crippen molar-refractivity contribution in [1.29, 1.82) is 0 Å². The lowest BCUT2D eigenvalue weighted by atomic mass is 10.8. The molecule has 3 nitrogen and oxygen atoms in total. The predicted octanol–water partition coefficient (Wildman–Crippen LogP) is 2.22. The average Bonchev–Trinajstić information content (AvgIpc) is 1.59. The molecule has 0 aromatic heterocycles. The van der Waals surface area contributed by atoms with Gasteiger partial charge in [0.15, 0.2) is 0 Å². The van der Waals surface area contributed by atoms with Crippen LogP contribution in [0.1, 0.15) is 6.92 Å². The summed E-state index contributed by atoms with van der Waals surface area (Å²) in [5.74, 6) is -3.91. The van der Waals surface area contributed by atoms with Crippen LogP contribution in [0.2, 0.25) is 0 Å². The standard InChI is InChI=1S/C4H7Cl2O3P/c1-2-9-4(7)3-10(5,6)8/h2-3H2,1H3. The van der Waals surface area contributed by atoms with Crippen molar-refractivity contribution in [2.45, 2.75) is 6.92 Å². The van der Waals surface area contributed by atoms with Crippen LogP contribution in [-0.4, -0.2) is 18.7 Å². The van der Waals surface area contributed by atoms with Gasteiger partial charge in [-0.15, -0.1) is 0 Å². The van der Waals surface area contributed by atoms with E-state index in [1.165, 1.54) is 0 Å². The SMILES string of the molecule is CCOC(=O)CP(=O)(Cl)Cl. The van der Waals surface area contributed by atoms with Crippen molar-refractivity contribution in [2.24, 2.45) is 0 Å². The van der Waals surface area contributed by atoms with Crippen molar-refractivity contribution >= 4 is 34.3 Å². The normalized spacial score (nSPS) is 11.1. The maximum absolute atomic E-state index is 10.5. The van der Waals surface area contributed by atoms with Gasteiger partial charge in [-0.3, -0.25) is 9.36 Å². The second-order valence-corrected chi connectivity index (χ2v) is 6.79. The molecule has 0 unspecified atom stereocenters. The summed E-state index contributed by atoms with van der Waals surface area (Å²) in [6.07, 6.45) is -0.413. The molecule has 0 N–H and O–H groups in total. The van der Waals surface area contributed by atoms with Crippen LogP contribution in [0.25, 0.3) is 0 Å². The van der Waals surface area contributed by atoms with Gasteiger partial charge in [-0.05, 0) is 29.4 Å². The van der Waals surface area contributed by atoms with Crippen LogP contribution in [0, 0.1) is 0 Å². The minimum atomic E-state index is -3.28. The van der Waals surface area contributed by atoms with E-state index in [-0.39, 0.29) is 6.61 Å². The Morgan fingerprint density at radius 1 is 1.60 bits per heavy atom. The zero-order valence-corrected chi connectivity index (χ0v) is 7.75. The van der Waals surface area contributed by atoms with E-state index in [1.807, 2.05) is 0 Å². The van der Waals surface area contributed by atoms with Crippen LogP contribution < -0.4 is 0 Å². The number of halogens is 2. The fraction of sp³-hybridized carbons (Fsp3) is 0.750. The Kier molecular flexibility index (Phi) is 4.34. The third-order valence-corrected chi connectivity index (χ3v) is 1.96. The van der Waals surface area contributed by atoms with Crippen molar-refractivity contribution < 1.29 is 14.1 Å². The van der Waals surface area contributed by atoms with Gasteiger partial charge in [-0.25, -0.2) is 0 Å². The van der Waals surface area contributed by atoms with Gasteiger partial charge in [-0.1, -0.05) is 0 Å². The molecule has 0 rings (SSSR count). The summed E-state index contributed by atoms with van der Waals surface area (Å²) in [5.41, 5.74) is 0. The number of hydrogen-bond donors (Lipinski definition) is 0. The monoisotopic (exact) mass is 204 g/mol. The molecular weight excluding hydrogens is 198 g/mol. The Labute approximate surface area is 68.6 Å². The van der Waals surface area contributed by atoms with Gasteiger partial charge < -0.3 is 4.74 Å². The molecule has 0 aromatic rings. The molecule has 0 bridgehead atoms. The van der Waals surface area contributed by atoms with Crippen molar-refractivity contribution in [3.8, 4) is 0 Å². The van der Waals surface area contributed by atoms with Crippen LogP contribution in [0.3, 0.4) is 0 Å². The Hall–Kier alpha value is 0.280. The molecule has 0 saturated carbocycles. The summed E-state index contributed by atoms with van der Waals surface area (Å²) in [6, 6.07) is 0. The number of carbonyl (C=O) groups excluding carboxylic acids is 1. The third-order valence-electron chi connectivity index (χ3n) is 0.618. The van der Waals surface area contributed by atoms with Crippen LogP contribution >= 0.6 is 28.3 Å². The van der Waals surface area contributed by atoms with Crippen LogP contribution in [0.5, 0.6) is 0 Å². The molecular formula is C4H7Cl2O3P. The molecule has 60 valence electrons. The van der Waals surface area contributed by atoms with Gasteiger partial charge in [0.05, 0.1) is 6.61 Å². The van der Waals surface area contributed by atoms with Gasteiger partial charge in [0.2, 0.25) is 0 Å². The van der Waals surface area contributed by atoms with E-state index in [0.29, 0.717) is 0 Å². The maximum Gasteiger partial charge on any atom is 0.315 e. The van der Waals surface area contributed by atoms with E-state index in [4.69, 9.17) is 22.5 Å². The minimum absolute atomic E-state index is 0.243. The molecule has 0 aromatic carbocycles. The molecule has 0 spiro atoms. The van der Waals surface area contributed by atoms with Gasteiger partial charge >= 0.3 is 5.97 Å². The molecule has 0 saturated heterocycles. The maximum atomic E-state index is 10.5. The van der Waals surface area contributed by atoms with Crippen LogP contribution in [0.15, 0.2) is 0 Å². The highest BCUT2D eigenvalue weighted by Crippen LogP contribution is 2.56. The lowest BCUT2D eigenvalue weighted by molar-refractivity contribution is -0.139. The van der Waals surface area contributed by atoms with Gasteiger partial charge in [-0.2, -0.15) is 0 Å². The first-order valence-corrected chi connectivity index (χ1v) is 6.30. The first-order valence-electron chi connectivity index (χ1n) is 2.59. The number of carbonyl (C=O) groups is 1. The molecule has 0 atom stereocenters. The van der Waals surface area contributed by atoms with E-state index in [0.717, 1.165) is 0 Å². The number of hydrogen-bond acceptors (Lipinski definition) is 3. The molecule has 0 fully saturated rings. The highest BCUT2D eigenvalue weighted by Gasteiger charge is 2.19. The zero-order chi connectivity index (χ0) is 8.20. The Morgan fingerprint density at radius 2 is 2.10 bits per heavy atom. The van der Waals surface area contributed by atoms with Gasteiger partial charge in [0.1, 0.15) is 6.16 Å². The van der Waals surface area contributed by atoms with Crippen molar-refractivity contribution in [3.63, 3.8) is 0 Å². The lowest BCUT2D eigenvalue weighted by Gasteiger charge is -2.00. The lowest BCUT2D eigenvalue weighted by Crippen LogP contribution is -2.06. The fourth-order valence-electron chi connectivity index (χ4n) is 0.357. The number of esters is 1. The highest BCUT2D eigenvalue weighted by molar-refractivity contribution is 8.09. The molecule has 10 heavy (non-hydrogen) atoms. The first kappa shape index (κ1) is 10.3. The second-order valence-electron chi connectivity index (χ2n) is 1.53. The van der Waals surface area contributed by atoms with E-state index in [2.05, 4.69) is 4.74 Å². The largest absolute Gasteiger partial charge is 0.466 e. The summed E-state index contributed by atoms with van der Waals surface area (Å²) >= 11 is 10.2. The summed E-state index contributed by atoms with van der Waals surface area (Å²) in [4.78, 5) is 10.5. The summed E-state index contributed by atoms with van der Waals surface area (Å²) in [6.45, 7) is 1.89. The highest BCUT2D eigenvalue weighted by atomic mass is 35.9. The Bertz CT molecular complexity index is 164. The molecule has 0 aliphatic carbocycles. The van der Waals surface area contributed by atoms with Crippen molar-refractivity contribution in [1.82, 2.24) is 0 Å². The third kappa shape index (κ3) is 6.40. The quantitative estimate of drug-likeness (QED) is 0.523.